The molecule has 0 saturated heterocycles. The quantitative estimate of drug-likeness (QED) is 0.707. The van der Waals surface area contributed by atoms with Crippen LogP contribution in [0.15, 0.2) is 0 Å². The molecular weight excluding hydrogens is 196 g/mol. The predicted octanol–water partition coefficient (Wildman–Crippen LogP) is 2.07. The van der Waals surface area contributed by atoms with Gasteiger partial charge in [0.05, 0.1) is 6.61 Å². The van der Waals surface area contributed by atoms with Crippen molar-refractivity contribution in [1.29, 1.82) is 0 Å². The largest absolute Gasteiger partial charge is 0.471 e. The van der Waals surface area contributed by atoms with Gasteiger partial charge in [-0.05, 0) is 31.0 Å². The summed E-state index contributed by atoms with van der Waals surface area (Å²) in [5.74, 6) is -2.29. The van der Waals surface area contributed by atoms with E-state index < -0.39 is 5.92 Å². The summed E-state index contributed by atoms with van der Waals surface area (Å²) in [6, 6.07) is 0. The number of halogens is 2. The Labute approximate surface area is 81.4 Å². The lowest BCUT2D eigenvalue weighted by Crippen LogP contribution is -2.28. The first-order chi connectivity index (χ1) is 5.99. The molecule has 0 aromatic rings. The van der Waals surface area contributed by atoms with Gasteiger partial charge in [-0.2, -0.15) is 0 Å². The number of rotatable bonds is 2. The number of ether oxygens (including phenoxy) is 1. The molecule has 0 atom stereocenters. The van der Waals surface area contributed by atoms with Gasteiger partial charge >= 0.3 is 0 Å². The van der Waals surface area contributed by atoms with E-state index >= 15 is 0 Å². The van der Waals surface area contributed by atoms with Crippen LogP contribution in [0.3, 0.4) is 0 Å². The topological polar surface area (TPSA) is 35.2 Å². The molecule has 1 rings (SSSR count). The first kappa shape index (κ1) is 10.6. The lowest BCUT2D eigenvalue weighted by atomic mass is 9.87. The molecule has 0 unspecified atom stereocenters. The van der Waals surface area contributed by atoms with Crippen molar-refractivity contribution in [2.75, 3.05) is 6.61 Å². The molecule has 0 amide bonds. The van der Waals surface area contributed by atoms with Gasteiger partial charge in [-0.3, -0.25) is 0 Å². The Kier molecular flexibility index (Phi) is 3.41. The maximum atomic E-state index is 12.7. The summed E-state index contributed by atoms with van der Waals surface area (Å²) in [6.07, 6.45) is 0.905. The van der Waals surface area contributed by atoms with Crippen LogP contribution in [0.1, 0.15) is 25.7 Å². The van der Waals surface area contributed by atoms with Gasteiger partial charge in [0.25, 0.3) is 5.17 Å². The van der Waals surface area contributed by atoms with Gasteiger partial charge in [-0.1, -0.05) is 0 Å². The molecule has 0 radical (unpaired) electrons. The van der Waals surface area contributed by atoms with Crippen molar-refractivity contribution in [3.63, 3.8) is 0 Å². The van der Waals surface area contributed by atoms with Gasteiger partial charge in [0.2, 0.25) is 5.92 Å². The fraction of sp³-hybridized carbons (Fsp3) is 0.875. The second-order valence-electron chi connectivity index (χ2n) is 3.43. The van der Waals surface area contributed by atoms with E-state index in [1.54, 1.807) is 0 Å². The van der Waals surface area contributed by atoms with E-state index in [-0.39, 0.29) is 23.9 Å². The summed E-state index contributed by atoms with van der Waals surface area (Å²) < 4.78 is 30.3. The highest BCUT2D eigenvalue weighted by Gasteiger charge is 2.34. The van der Waals surface area contributed by atoms with Gasteiger partial charge in [0.15, 0.2) is 0 Å². The molecule has 0 aromatic carbocycles. The van der Waals surface area contributed by atoms with Crippen LogP contribution in [0.4, 0.5) is 8.78 Å². The van der Waals surface area contributed by atoms with Crippen LogP contribution in [0.5, 0.6) is 0 Å². The van der Waals surface area contributed by atoms with Crippen LogP contribution >= 0.6 is 12.2 Å². The summed E-state index contributed by atoms with van der Waals surface area (Å²) in [7, 11) is 0. The molecule has 1 aliphatic rings. The number of hydrogen-bond acceptors (Lipinski definition) is 2. The molecule has 1 aliphatic carbocycles. The lowest BCUT2D eigenvalue weighted by Gasteiger charge is -2.27. The van der Waals surface area contributed by atoms with E-state index in [4.69, 9.17) is 10.5 Å². The fourth-order valence-corrected chi connectivity index (χ4v) is 1.53. The van der Waals surface area contributed by atoms with Gasteiger partial charge in [-0.25, -0.2) is 8.78 Å². The van der Waals surface area contributed by atoms with E-state index in [1.165, 1.54) is 0 Å². The maximum Gasteiger partial charge on any atom is 0.253 e. The molecule has 2 N–H and O–H groups in total. The molecule has 0 spiro atoms. The van der Waals surface area contributed by atoms with Crippen molar-refractivity contribution in [1.82, 2.24) is 0 Å². The SMILES string of the molecule is NC(=S)OCC1CCC(F)(F)CC1. The van der Waals surface area contributed by atoms with Crippen LogP contribution in [0, 0.1) is 5.92 Å². The Bertz CT molecular complexity index is 189. The Balaban J connectivity index is 2.21. The molecule has 76 valence electrons. The first-order valence-electron chi connectivity index (χ1n) is 4.30. The Morgan fingerprint density at radius 1 is 1.46 bits per heavy atom. The monoisotopic (exact) mass is 209 g/mol. The zero-order valence-electron chi connectivity index (χ0n) is 7.26. The third-order valence-electron chi connectivity index (χ3n) is 2.30. The minimum atomic E-state index is -2.47. The van der Waals surface area contributed by atoms with Gasteiger partial charge in [0, 0.05) is 12.8 Å². The van der Waals surface area contributed by atoms with E-state index in [9.17, 15) is 8.78 Å². The van der Waals surface area contributed by atoms with E-state index in [2.05, 4.69) is 12.2 Å². The van der Waals surface area contributed by atoms with Crippen LogP contribution in [0.2, 0.25) is 0 Å². The molecule has 0 aliphatic heterocycles. The molecule has 2 nitrogen and oxygen atoms in total. The first-order valence-corrected chi connectivity index (χ1v) is 4.70. The molecule has 1 saturated carbocycles. The minimum absolute atomic E-state index is 0.00247. The highest BCUT2D eigenvalue weighted by atomic mass is 32.1. The van der Waals surface area contributed by atoms with Gasteiger partial charge < -0.3 is 10.5 Å². The molecule has 0 aromatic heterocycles. The third kappa shape index (κ3) is 3.85. The summed E-state index contributed by atoms with van der Waals surface area (Å²) in [4.78, 5) is 0. The zero-order valence-corrected chi connectivity index (χ0v) is 8.08. The van der Waals surface area contributed by atoms with Crippen molar-refractivity contribution in [3.8, 4) is 0 Å². The van der Waals surface area contributed by atoms with Crippen molar-refractivity contribution in [3.05, 3.63) is 0 Å². The van der Waals surface area contributed by atoms with Crippen LogP contribution in [-0.2, 0) is 4.74 Å². The normalized spacial score (nSPS) is 22.6. The van der Waals surface area contributed by atoms with Gasteiger partial charge in [-0.15, -0.1) is 0 Å². The number of hydrogen-bond donors (Lipinski definition) is 1. The van der Waals surface area contributed by atoms with Crippen molar-refractivity contribution in [2.24, 2.45) is 11.7 Å². The highest BCUT2D eigenvalue weighted by molar-refractivity contribution is 7.80. The molecule has 13 heavy (non-hydrogen) atoms. The average Bonchev–Trinajstić information content (AvgIpc) is 2.02. The molecule has 0 heterocycles. The Morgan fingerprint density at radius 3 is 2.46 bits per heavy atom. The highest BCUT2D eigenvalue weighted by Crippen LogP contribution is 2.36. The third-order valence-corrected chi connectivity index (χ3v) is 2.42. The van der Waals surface area contributed by atoms with E-state index in [0.717, 1.165) is 0 Å². The van der Waals surface area contributed by atoms with E-state index in [0.29, 0.717) is 19.4 Å². The molecule has 0 bridgehead atoms. The standard InChI is InChI=1S/C8H13F2NOS/c9-8(10)3-1-6(2-4-8)5-12-7(11)13/h6H,1-5H2,(H2,11,13). The smallest absolute Gasteiger partial charge is 0.253 e. The maximum absolute atomic E-state index is 12.7. The van der Waals surface area contributed by atoms with Crippen LogP contribution in [-0.4, -0.2) is 17.7 Å². The number of nitrogens with two attached hydrogens (primary N) is 1. The van der Waals surface area contributed by atoms with Crippen LogP contribution in [0.25, 0.3) is 0 Å². The molecule has 5 heteroatoms. The molecule has 1 fully saturated rings. The number of alkyl halides is 2. The van der Waals surface area contributed by atoms with Crippen molar-refractivity contribution in [2.45, 2.75) is 31.6 Å². The van der Waals surface area contributed by atoms with E-state index in [1.807, 2.05) is 0 Å². The Hall–Kier alpha value is -0.450. The number of thiocarbonyl (C=S) groups is 1. The fourth-order valence-electron chi connectivity index (χ4n) is 1.47. The Morgan fingerprint density at radius 2 is 2.00 bits per heavy atom. The average molecular weight is 209 g/mol. The van der Waals surface area contributed by atoms with Crippen molar-refractivity contribution < 1.29 is 13.5 Å². The predicted molar refractivity (Wildman–Crippen MR) is 49.6 cm³/mol. The minimum Gasteiger partial charge on any atom is -0.471 e. The van der Waals surface area contributed by atoms with Crippen LogP contribution < -0.4 is 5.73 Å². The van der Waals surface area contributed by atoms with Gasteiger partial charge in [0.1, 0.15) is 0 Å². The summed E-state index contributed by atoms with van der Waals surface area (Å²) in [5.41, 5.74) is 5.12. The molecular formula is C8H13F2NOS. The zero-order chi connectivity index (χ0) is 9.90. The lowest BCUT2D eigenvalue weighted by molar-refractivity contribution is -0.0502. The second-order valence-corrected chi connectivity index (χ2v) is 3.83. The summed E-state index contributed by atoms with van der Waals surface area (Å²) in [6.45, 7) is 0.380. The summed E-state index contributed by atoms with van der Waals surface area (Å²) in [5, 5.41) is -0.00247. The summed E-state index contributed by atoms with van der Waals surface area (Å²) >= 11 is 4.52. The van der Waals surface area contributed by atoms with Crippen molar-refractivity contribution >= 4 is 17.4 Å². The second kappa shape index (κ2) is 4.17.